The highest BCUT2D eigenvalue weighted by Crippen LogP contribution is 2.26. The smallest absolute Gasteiger partial charge is 0.273 e. The topological polar surface area (TPSA) is 105 Å². The Bertz CT molecular complexity index is 1130. The van der Waals surface area contributed by atoms with Crippen LogP contribution in [-0.4, -0.2) is 62.4 Å². The molecule has 1 aromatic carbocycles. The van der Waals surface area contributed by atoms with Crippen molar-refractivity contribution in [1.29, 1.82) is 0 Å². The van der Waals surface area contributed by atoms with E-state index in [1.165, 1.54) is 0 Å². The number of ether oxygens (including phenoxy) is 1. The number of fused-ring (bicyclic) bond motifs is 1. The van der Waals surface area contributed by atoms with E-state index in [4.69, 9.17) is 4.74 Å². The van der Waals surface area contributed by atoms with Crippen LogP contribution in [0.4, 0.5) is 0 Å². The van der Waals surface area contributed by atoms with Gasteiger partial charge in [0.15, 0.2) is 5.69 Å². The molecule has 2 aliphatic rings. The summed E-state index contributed by atoms with van der Waals surface area (Å²) in [4.78, 5) is 30.7. The van der Waals surface area contributed by atoms with E-state index < -0.39 is 0 Å². The second kappa shape index (κ2) is 8.64. The number of H-pyrrole nitrogens is 1. The van der Waals surface area contributed by atoms with E-state index in [0.717, 1.165) is 61.7 Å². The number of amides is 2. The molecule has 1 aliphatic heterocycles. The molecule has 2 N–H and O–H groups in total. The van der Waals surface area contributed by atoms with Crippen molar-refractivity contribution in [2.75, 3.05) is 13.7 Å². The molecule has 3 aromatic rings. The third-order valence-corrected chi connectivity index (χ3v) is 6.32. The molecule has 9 heteroatoms. The number of aromatic nitrogens is 4. The molecule has 1 saturated carbocycles. The van der Waals surface area contributed by atoms with Crippen molar-refractivity contribution < 1.29 is 14.3 Å². The maximum Gasteiger partial charge on any atom is 0.273 e. The number of rotatable bonds is 7. The summed E-state index contributed by atoms with van der Waals surface area (Å²) in [6.07, 6.45) is 7.61. The maximum atomic E-state index is 13.3. The molecule has 168 valence electrons. The molecule has 2 aromatic heterocycles. The molecule has 0 bridgehead atoms. The zero-order chi connectivity index (χ0) is 22.1. The summed E-state index contributed by atoms with van der Waals surface area (Å²) in [6, 6.07) is 8.06. The van der Waals surface area contributed by atoms with Crippen LogP contribution >= 0.6 is 0 Å². The van der Waals surface area contributed by atoms with Gasteiger partial charge in [0.25, 0.3) is 11.8 Å². The number of piperidine rings is 1. The van der Waals surface area contributed by atoms with Gasteiger partial charge in [-0.2, -0.15) is 0 Å². The van der Waals surface area contributed by atoms with E-state index in [0.29, 0.717) is 24.0 Å². The number of hydrogen-bond acceptors (Lipinski definition) is 5. The lowest BCUT2D eigenvalue weighted by molar-refractivity contribution is 0.0588. The Morgan fingerprint density at radius 1 is 1.22 bits per heavy atom. The van der Waals surface area contributed by atoms with Gasteiger partial charge >= 0.3 is 0 Å². The van der Waals surface area contributed by atoms with Crippen molar-refractivity contribution >= 4 is 22.7 Å². The van der Waals surface area contributed by atoms with Crippen LogP contribution in [0, 0.1) is 0 Å². The molecule has 0 radical (unpaired) electrons. The van der Waals surface area contributed by atoms with Crippen molar-refractivity contribution in [1.82, 2.24) is 30.2 Å². The number of likely N-dealkylation sites (tertiary alicyclic amines) is 1. The van der Waals surface area contributed by atoms with Crippen molar-refractivity contribution in [2.24, 2.45) is 0 Å². The number of carbonyl (C=O) groups is 2. The molecule has 1 atom stereocenters. The van der Waals surface area contributed by atoms with E-state index in [9.17, 15) is 9.59 Å². The first-order valence-electron chi connectivity index (χ1n) is 11.3. The van der Waals surface area contributed by atoms with Gasteiger partial charge in [0.05, 0.1) is 13.3 Å². The van der Waals surface area contributed by atoms with Crippen LogP contribution in [-0.2, 0) is 6.54 Å². The number of aromatic amines is 1. The average molecular weight is 437 g/mol. The van der Waals surface area contributed by atoms with Crippen LogP contribution in [0.25, 0.3) is 10.9 Å². The lowest BCUT2D eigenvalue weighted by Gasteiger charge is -2.35. The van der Waals surface area contributed by atoms with Gasteiger partial charge in [-0.05, 0) is 62.8 Å². The quantitative estimate of drug-likeness (QED) is 0.593. The number of hydrogen-bond donors (Lipinski definition) is 2. The molecular formula is C23H28N6O3. The highest BCUT2D eigenvalue weighted by Gasteiger charge is 2.29. The van der Waals surface area contributed by atoms with Gasteiger partial charge in [-0.25, -0.2) is 0 Å². The van der Waals surface area contributed by atoms with Gasteiger partial charge in [0, 0.05) is 36.1 Å². The van der Waals surface area contributed by atoms with Gasteiger partial charge in [-0.1, -0.05) is 5.21 Å². The Morgan fingerprint density at radius 2 is 2.09 bits per heavy atom. The lowest BCUT2D eigenvalue weighted by atomic mass is 9.99. The van der Waals surface area contributed by atoms with Crippen molar-refractivity contribution in [3.05, 3.63) is 41.9 Å². The minimum Gasteiger partial charge on any atom is -0.497 e. The summed E-state index contributed by atoms with van der Waals surface area (Å²) in [5, 5.41) is 12.0. The van der Waals surface area contributed by atoms with Gasteiger partial charge in [-0.15, -0.1) is 5.10 Å². The van der Waals surface area contributed by atoms with Gasteiger partial charge in [0.1, 0.15) is 11.4 Å². The Balaban J connectivity index is 1.25. The normalized spacial score (nSPS) is 18.7. The maximum absolute atomic E-state index is 13.3. The molecule has 1 unspecified atom stereocenters. The molecule has 2 amide bonds. The monoisotopic (exact) mass is 436 g/mol. The van der Waals surface area contributed by atoms with Crippen molar-refractivity contribution in [2.45, 2.75) is 57.2 Å². The zero-order valence-electron chi connectivity index (χ0n) is 18.2. The third kappa shape index (κ3) is 4.32. The number of benzene rings is 1. The Hall–Kier alpha value is -3.36. The van der Waals surface area contributed by atoms with Crippen molar-refractivity contribution in [3.63, 3.8) is 0 Å². The third-order valence-electron chi connectivity index (χ3n) is 6.32. The van der Waals surface area contributed by atoms with E-state index in [-0.39, 0.29) is 17.9 Å². The highest BCUT2D eigenvalue weighted by molar-refractivity contribution is 5.98. The predicted molar refractivity (Wildman–Crippen MR) is 119 cm³/mol. The van der Waals surface area contributed by atoms with Gasteiger partial charge in [0.2, 0.25) is 0 Å². The minimum atomic E-state index is -0.163. The van der Waals surface area contributed by atoms with Crippen LogP contribution in [0.3, 0.4) is 0 Å². The molecule has 2 fully saturated rings. The van der Waals surface area contributed by atoms with Crippen LogP contribution in [0.15, 0.2) is 30.5 Å². The van der Waals surface area contributed by atoms with Crippen LogP contribution in [0.2, 0.25) is 0 Å². The zero-order valence-corrected chi connectivity index (χ0v) is 18.2. The Labute approximate surface area is 186 Å². The highest BCUT2D eigenvalue weighted by atomic mass is 16.5. The number of carbonyl (C=O) groups excluding carboxylic acids is 2. The predicted octanol–water partition coefficient (Wildman–Crippen LogP) is 2.75. The van der Waals surface area contributed by atoms with Crippen LogP contribution < -0.4 is 10.1 Å². The number of nitrogens with one attached hydrogen (secondary N) is 2. The average Bonchev–Trinajstić information content (AvgIpc) is 3.33. The SMILES string of the molecule is COc1ccc2[nH]c(C(=O)N3CCCCC3CCn3cc(C(=O)NC4CC4)nn3)cc2c1. The molecular weight excluding hydrogens is 408 g/mol. The molecule has 9 nitrogen and oxygen atoms in total. The minimum absolute atomic E-state index is 0.0213. The first kappa shape index (κ1) is 20.5. The van der Waals surface area contributed by atoms with E-state index in [1.54, 1.807) is 18.0 Å². The Morgan fingerprint density at radius 3 is 2.91 bits per heavy atom. The molecule has 5 rings (SSSR count). The summed E-state index contributed by atoms with van der Waals surface area (Å²) >= 11 is 0. The summed E-state index contributed by atoms with van der Waals surface area (Å²) < 4.78 is 6.99. The molecule has 1 aliphatic carbocycles. The summed E-state index contributed by atoms with van der Waals surface area (Å²) in [6.45, 7) is 1.36. The second-order valence-electron chi connectivity index (χ2n) is 8.69. The standard InChI is InChI=1S/C23H28N6O3/c1-32-18-7-8-19-15(12-18)13-20(25-19)23(31)29-10-3-2-4-17(29)9-11-28-14-21(26-27-28)22(30)24-16-5-6-16/h7-8,12-14,16-17,25H,2-6,9-11H2,1H3,(H,24,30). The fraction of sp³-hybridized carbons (Fsp3) is 0.478. The number of aryl methyl sites for hydroxylation is 1. The van der Waals surface area contributed by atoms with Gasteiger partial charge < -0.3 is 19.9 Å². The van der Waals surface area contributed by atoms with E-state index in [1.807, 2.05) is 29.2 Å². The largest absolute Gasteiger partial charge is 0.497 e. The fourth-order valence-corrected chi connectivity index (χ4v) is 4.36. The van der Waals surface area contributed by atoms with E-state index >= 15 is 0 Å². The second-order valence-corrected chi connectivity index (χ2v) is 8.69. The Kier molecular flexibility index (Phi) is 5.55. The van der Waals surface area contributed by atoms with Gasteiger partial charge in [-0.3, -0.25) is 14.3 Å². The molecule has 0 spiro atoms. The summed E-state index contributed by atoms with van der Waals surface area (Å²) in [7, 11) is 1.63. The van der Waals surface area contributed by atoms with Crippen LogP contribution in [0.1, 0.15) is 59.5 Å². The lowest BCUT2D eigenvalue weighted by Crippen LogP contribution is -2.44. The van der Waals surface area contributed by atoms with Crippen molar-refractivity contribution in [3.8, 4) is 5.75 Å². The first-order valence-corrected chi connectivity index (χ1v) is 11.3. The number of nitrogens with zero attached hydrogens (tertiary/aromatic N) is 4. The number of methoxy groups -OCH3 is 1. The molecule has 3 heterocycles. The fourth-order valence-electron chi connectivity index (χ4n) is 4.36. The molecule has 32 heavy (non-hydrogen) atoms. The summed E-state index contributed by atoms with van der Waals surface area (Å²) in [5.41, 5.74) is 1.87. The summed E-state index contributed by atoms with van der Waals surface area (Å²) in [5.74, 6) is 0.626. The van der Waals surface area contributed by atoms with E-state index in [2.05, 4.69) is 20.6 Å². The molecule has 1 saturated heterocycles. The first-order chi connectivity index (χ1) is 15.6. The van der Waals surface area contributed by atoms with Crippen LogP contribution in [0.5, 0.6) is 5.75 Å².